The number of benzene rings is 1. The van der Waals surface area contributed by atoms with E-state index in [4.69, 9.17) is 23.8 Å². The van der Waals surface area contributed by atoms with Crippen LogP contribution in [-0.4, -0.2) is 29.0 Å². The van der Waals surface area contributed by atoms with Crippen LogP contribution >= 0.6 is 23.8 Å². The number of amides is 1. The highest BCUT2D eigenvalue weighted by atomic mass is 35.5. The molecule has 1 aromatic rings. The summed E-state index contributed by atoms with van der Waals surface area (Å²) in [6.45, 7) is 4.07. The van der Waals surface area contributed by atoms with Crippen LogP contribution in [0.5, 0.6) is 0 Å². The molecule has 0 spiro atoms. The third-order valence-corrected chi connectivity index (χ3v) is 3.97. The van der Waals surface area contributed by atoms with Gasteiger partial charge in [0.1, 0.15) is 0 Å². The number of carbonyl (C=O) groups is 1. The van der Waals surface area contributed by atoms with E-state index in [1.54, 1.807) is 24.3 Å². The number of hydrogen-bond acceptors (Lipinski definition) is 2. The molecule has 0 bridgehead atoms. The fourth-order valence-corrected chi connectivity index (χ4v) is 2.56. The van der Waals surface area contributed by atoms with Crippen LogP contribution in [0.3, 0.4) is 0 Å². The molecule has 1 heterocycles. The average Bonchev–Trinajstić information content (AvgIpc) is 2.39. The van der Waals surface area contributed by atoms with Gasteiger partial charge in [0, 0.05) is 23.7 Å². The smallest absolute Gasteiger partial charge is 0.257 e. The van der Waals surface area contributed by atoms with Gasteiger partial charge in [-0.05, 0) is 49.2 Å². The Morgan fingerprint density at radius 1 is 1.42 bits per heavy atom. The molecule has 19 heavy (non-hydrogen) atoms. The van der Waals surface area contributed by atoms with Crippen molar-refractivity contribution >= 4 is 34.8 Å². The molecule has 0 radical (unpaired) electrons. The molecule has 3 nitrogen and oxygen atoms in total. The number of thiocarbonyl (C=S) groups is 1. The van der Waals surface area contributed by atoms with Gasteiger partial charge in [-0.15, -0.1) is 0 Å². The lowest BCUT2D eigenvalue weighted by Crippen LogP contribution is -2.46. The minimum Gasteiger partial charge on any atom is -0.349 e. The van der Waals surface area contributed by atoms with Gasteiger partial charge in [-0.1, -0.05) is 24.6 Å². The topological polar surface area (TPSA) is 32.3 Å². The largest absolute Gasteiger partial charge is 0.349 e. The first-order chi connectivity index (χ1) is 9.06. The van der Waals surface area contributed by atoms with Crippen molar-refractivity contribution in [2.75, 3.05) is 13.1 Å². The van der Waals surface area contributed by atoms with E-state index in [0.29, 0.717) is 15.7 Å². The molecule has 1 aliphatic rings. The molecule has 1 amide bonds. The summed E-state index contributed by atoms with van der Waals surface area (Å²) in [6, 6.07) is 6.85. The molecule has 2 rings (SSSR count). The van der Waals surface area contributed by atoms with Gasteiger partial charge in [0.2, 0.25) is 0 Å². The lowest BCUT2D eigenvalue weighted by molar-refractivity contribution is 0.0972. The third-order valence-electron chi connectivity index (χ3n) is 3.38. The zero-order valence-corrected chi connectivity index (χ0v) is 12.4. The van der Waals surface area contributed by atoms with Crippen molar-refractivity contribution in [1.82, 2.24) is 10.2 Å². The Balaban J connectivity index is 1.93. The molecule has 0 aliphatic carbocycles. The van der Waals surface area contributed by atoms with E-state index in [1.165, 1.54) is 0 Å². The maximum Gasteiger partial charge on any atom is 0.257 e. The minimum atomic E-state index is -0.203. The molecule has 5 heteroatoms. The molecular formula is C14H17ClN2OS. The van der Waals surface area contributed by atoms with Gasteiger partial charge in [-0.2, -0.15) is 0 Å². The number of nitrogens with one attached hydrogen (secondary N) is 1. The monoisotopic (exact) mass is 296 g/mol. The normalized spacial score (nSPS) is 16.2. The van der Waals surface area contributed by atoms with Gasteiger partial charge in [-0.3, -0.25) is 10.1 Å². The van der Waals surface area contributed by atoms with Crippen molar-refractivity contribution in [2.24, 2.45) is 5.92 Å². The van der Waals surface area contributed by atoms with Gasteiger partial charge >= 0.3 is 0 Å². The first kappa shape index (κ1) is 14.3. The summed E-state index contributed by atoms with van der Waals surface area (Å²) >= 11 is 11.1. The van der Waals surface area contributed by atoms with Crippen molar-refractivity contribution in [1.29, 1.82) is 0 Å². The Hall–Kier alpha value is -1.13. The summed E-state index contributed by atoms with van der Waals surface area (Å²) in [6.07, 6.45) is 2.24. The summed E-state index contributed by atoms with van der Waals surface area (Å²) in [5.74, 6) is 0.536. The number of carbonyl (C=O) groups excluding carboxylic acids is 1. The minimum absolute atomic E-state index is 0.203. The zero-order chi connectivity index (χ0) is 13.8. The second-order valence-electron chi connectivity index (χ2n) is 4.94. The van der Waals surface area contributed by atoms with Crippen LogP contribution in [0.15, 0.2) is 24.3 Å². The standard InChI is InChI=1S/C14H17ClN2OS/c1-10-5-7-17(8-6-10)14(19)16-13(18)11-3-2-4-12(15)9-11/h2-4,9-10H,5-8H2,1H3,(H,16,18,19). The summed E-state index contributed by atoms with van der Waals surface area (Å²) in [5.41, 5.74) is 0.528. The molecule has 0 atom stereocenters. The summed E-state index contributed by atoms with van der Waals surface area (Å²) < 4.78 is 0. The van der Waals surface area contributed by atoms with E-state index in [0.717, 1.165) is 31.8 Å². The quantitative estimate of drug-likeness (QED) is 0.808. The Morgan fingerprint density at radius 2 is 2.11 bits per heavy atom. The molecular weight excluding hydrogens is 280 g/mol. The maximum atomic E-state index is 12.0. The average molecular weight is 297 g/mol. The molecule has 0 unspecified atom stereocenters. The van der Waals surface area contributed by atoms with Crippen LogP contribution in [0, 0.1) is 5.92 Å². The third kappa shape index (κ3) is 3.91. The van der Waals surface area contributed by atoms with Crippen molar-refractivity contribution in [2.45, 2.75) is 19.8 Å². The lowest BCUT2D eigenvalue weighted by Gasteiger charge is -2.32. The molecule has 1 aromatic carbocycles. The number of halogens is 1. The highest BCUT2D eigenvalue weighted by Crippen LogP contribution is 2.16. The van der Waals surface area contributed by atoms with E-state index >= 15 is 0 Å². The van der Waals surface area contributed by atoms with Crippen LogP contribution in [0.1, 0.15) is 30.1 Å². The van der Waals surface area contributed by atoms with Gasteiger partial charge in [0.15, 0.2) is 5.11 Å². The van der Waals surface area contributed by atoms with E-state index < -0.39 is 0 Å². The molecule has 1 aliphatic heterocycles. The Kier molecular flexibility index (Phi) is 4.77. The number of likely N-dealkylation sites (tertiary alicyclic amines) is 1. The van der Waals surface area contributed by atoms with Gasteiger partial charge in [-0.25, -0.2) is 0 Å². The Bertz CT molecular complexity index is 484. The second kappa shape index (κ2) is 6.35. The maximum absolute atomic E-state index is 12.0. The van der Waals surface area contributed by atoms with E-state index in [1.807, 2.05) is 0 Å². The summed E-state index contributed by atoms with van der Waals surface area (Å²) in [4.78, 5) is 14.1. The van der Waals surface area contributed by atoms with Crippen LogP contribution < -0.4 is 5.32 Å². The highest BCUT2D eigenvalue weighted by molar-refractivity contribution is 7.80. The van der Waals surface area contributed by atoms with Crippen molar-refractivity contribution in [3.63, 3.8) is 0 Å². The zero-order valence-electron chi connectivity index (χ0n) is 10.9. The van der Waals surface area contributed by atoms with Gasteiger partial charge in [0.05, 0.1) is 0 Å². The number of hydrogen-bond donors (Lipinski definition) is 1. The number of rotatable bonds is 1. The van der Waals surface area contributed by atoms with Gasteiger partial charge < -0.3 is 4.90 Å². The first-order valence-corrected chi connectivity index (χ1v) is 7.20. The SMILES string of the molecule is CC1CCN(C(=S)NC(=O)c2cccc(Cl)c2)CC1. The molecule has 1 fully saturated rings. The highest BCUT2D eigenvalue weighted by Gasteiger charge is 2.19. The molecule has 102 valence electrons. The number of nitrogens with zero attached hydrogens (tertiary/aromatic N) is 1. The fourth-order valence-electron chi connectivity index (χ4n) is 2.09. The van der Waals surface area contributed by atoms with Crippen LogP contribution in [0.4, 0.5) is 0 Å². The Morgan fingerprint density at radius 3 is 2.74 bits per heavy atom. The molecule has 1 saturated heterocycles. The fraction of sp³-hybridized carbons (Fsp3) is 0.429. The summed E-state index contributed by atoms with van der Waals surface area (Å²) in [7, 11) is 0. The lowest BCUT2D eigenvalue weighted by atomic mass is 10.00. The second-order valence-corrected chi connectivity index (χ2v) is 5.76. The van der Waals surface area contributed by atoms with Crippen LogP contribution in [0.25, 0.3) is 0 Å². The van der Waals surface area contributed by atoms with Crippen molar-refractivity contribution in [3.05, 3.63) is 34.9 Å². The van der Waals surface area contributed by atoms with Crippen molar-refractivity contribution in [3.8, 4) is 0 Å². The number of piperidine rings is 1. The predicted molar refractivity (Wildman–Crippen MR) is 81.5 cm³/mol. The van der Waals surface area contributed by atoms with Crippen molar-refractivity contribution < 1.29 is 4.79 Å². The predicted octanol–water partition coefficient (Wildman–Crippen LogP) is 3.09. The molecule has 1 N–H and O–H groups in total. The molecule has 0 saturated carbocycles. The first-order valence-electron chi connectivity index (χ1n) is 6.42. The van der Waals surface area contributed by atoms with Crippen LogP contribution in [0.2, 0.25) is 5.02 Å². The Labute approximate surface area is 123 Å². The summed E-state index contributed by atoms with van der Waals surface area (Å²) in [5, 5.41) is 3.83. The van der Waals surface area contributed by atoms with E-state index in [2.05, 4.69) is 17.1 Å². The van der Waals surface area contributed by atoms with E-state index in [9.17, 15) is 4.79 Å². The molecule has 0 aromatic heterocycles. The van der Waals surface area contributed by atoms with Crippen LogP contribution in [-0.2, 0) is 0 Å². The van der Waals surface area contributed by atoms with E-state index in [-0.39, 0.29) is 5.91 Å². The van der Waals surface area contributed by atoms with Gasteiger partial charge in [0.25, 0.3) is 5.91 Å².